The fraction of sp³-hybridized carbons (Fsp3) is 0.300. The number of carbonyl (C=O) groups excluding carboxylic acids is 1. The maximum atomic E-state index is 12.0. The molecule has 0 aliphatic rings. The van der Waals surface area contributed by atoms with Crippen molar-refractivity contribution in [1.82, 2.24) is 14.8 Å². The van der Waals surface area contributed by atoms with E-state index >= 15 is 0 Å². The van der Waals surface area contributed by atoms with E-state index in [2.05, 4.69) is 20.7 Å². The van der Waals surface area contributed by atoms with Crippen LogP contribution in [0.1, 0.15) is 16.6 Å². The zero-order valence-electron chi connectivity index (χ0n) is 10.1. The highest BCUT2D eigenvalue weighted by Crippen LogP contribution is 2.25. The minimum absolute atomic E-state index is 0.227. The second-order valence-electron chi connectivity index (χ2n) is 3.52. The van der Waals surface area contributed by atoms with Gasteiger partial charge in [0.15, 0.2) is 5.13 Å². The molecule has 96 valence electrons. The molecule has 7 nitrogen and oxygen atoms in total. The van der Waals surface area contributed by atoms with Crippen LogP contribution in [0, 0.1) is 0 Å². The minimum atomic E-state index is -0.276. The lowest BCUT2D eigenvalue weighted by atomic mass is 10.4. The van der Waals surface area contributed by atoms with Crippen molar-refractivity contribution in [2.45, 2.75) is 13.5 Å². The maximum Gasteiger partial charge on any atom is 0.269 e. The molecule has 2 heterocycles. The lowest BCUT2D eigenvalue weighted by Crippen LogP contribution is -2.11. The van der Waals surface area contributed by atoms with Crippen molar-refractivity contribution < 1.29 is 4.79 Å². The molecule has 18 heavy (non-hydrogen) atoms. The van der Waals surface area contributed by atoms with Crippen molar-refractivity contribution in [1.29, 1.82) is 0 Å². The molecule has 0 saturated heterocycles. The van der Waals surface area contributed by atoms with E-state index in [9.17, 15) is 4.79 Å². The highest BCUT2D eigenvalue weighted by molar-refractivity contribution is 7.18. The van der Waals surface area contributed by atoms with Crippen molar-refractivity contribution in [2.75, 3.05) is 23.4 Å². The molecular formula is C10H14N6OS. The SMILES string of the molecule is CCn1cc(NC(=O)c2sc(NC)nc2N)cn1. The van der Waals surface area contributed by atoms with Crippen LogP contribution in [-0.4, -0.2) is 27.7 Å². The number of anilines is 3. The normalized spacial score (nSPS) is 10.3. The summed E-state index contributed by atoms with van der Waals surface area (Å²) in [4.78, 5) is 16.4. The quantitative estimate of drug-likeness (QED) is 0.773. The monoisotopic (exact) mass is 266 g/mol. The molecule has 2 aromatic rings. The van der Waals surface area contributed by atoms with Crippen LogP contribution in [0.5, 0.6) is 0 Å². The van der Waals surface area contributed by atoms with Crippen LogP contribution in [-0.2, 0) is 6.54 Å². The molecule has 8 heteroatoms. The predicted octanol–water partition coefficient (Wildman–Crippen LogP) is 1.24. The second kappa shape index (κ2) is 5.05. The first-order valence-corrected chi connectivity index (χ1v) is 6.23. The molecule has 0 atom stereocenters. The summed E-state index contributed by atoms with van der Waals surface area (Å²) in [5, 5.41) is 10.3. The summed E-state index contributed by atoms with van der Waals surface area (Å²) in [6, 6.07) is 0. The molecule has 2 rings (SSSR count). The van der Waals surface area contributed by atoms with E-state index in [0.717, 1.165) is 6.54 Å². The van der Waals surface area contributed by atoms with Gasteiger partial charge < -0.3 is 16.4 Å². The number of nitrogens with two attached hydrogens (primary N) is 1. The Morgan fingerprint density at radius 3 is 2.94 bits per heavy atom. The Labute approximate surface area is 108 Å². The summed E-state index contributed by atoms with van der Waals surface area (Å²) in [7, 11) is 1.73. The first-order chi connectivity index (χ1) is 8.63. The lowest BCUT2D eigenvalue weighted by Gasteiger charge is -1.99. The summed E-state index contributed by atoms with van der Waals surface area (Å²) in [6.45, 7) is 2.72. The van der Waals surface area contributed by atoms with E-state index in [1.165, 1.54) is 11.3 Å². The van der Waals surface area contributed by atoms with Crippen molar-refractivity contribution in [2.24, 2.45) is 0 Å². The number of hydrogen-bond acceptors (Lipinski definition) is 6. The fourth-order valence-electron chi connectivity index (χ4n) is 1.39. The van der Waals surface area contributed by atoms with Gasteiger partial charge in [-0.1, -0.05) is 11.3 Å². The molecule has 0 aliphatic carbocycles. The third kappa shape index (κ3) is 2.43. The highest BCUT2D eigenvalue weighted by Gasteiger charge is 2.16. The smallest absolute Gasteiger partial charge is 0.269 e. The number of rotatable bonds is 4. The zero-order valence-corrected chi connectivity index (χ0v) is 10.9. The number of nitrogens with one attached hydrogen (secondary N) is 2. The highest BCUT2D eigenvalue weighted by atomic mass is 32.1. The number of aromatic nitrogens is 3. The third-order valence-electron chi connectivity index (χ3n) is 2.29. The molecule has 2 aromatic heterocycles. The molecule has 0 fully saturated rings. The van der Waals surface area contributed by atoms with Gasteiger partial charge in [-0.05, 0) is 6.92 Å². The Kier molecular flexibility index (Phi) is 3.47. The van der Waals surface area contributed by atoms with E-state index < -0.39 is 0 Å². The summed E-state index contributed by atoms with van der Waals surface area (Å²) in [5.74, 6) is -0.0492. The maximum absolute atomic E-state index is 12.0. The topological polar surface area (TPSA) is 97.9 Å². The van der Waals surface area contributed by atoms with E-state index in [1.807, 2.05) is 6.92 Å². The van der Waals surface area contributed by atoms with Crippen LogP contribution >= 0.6 is 11.3 Å². The minimum Gasteiger partial charge on any atom is -0.382 e. The van der Waals surface area contributed by atoms with Gasteiger partial charge in [0.25, 0.3) is 5.91 Å². The Bertz CT molecular complexity index is 560. The number of amides is 1. The van der Waals surface area contributed by atoms with E-state index in [0.29, 0.717) is 15.7 Å². The van der Waals surface area contributed by atoms with Gasteiger partial charge in [0.2, 0.25) is 0 Å². The van der Waals surface area contributed by atoms with Gasteiger partial charge in [-0.3, -0.25) is 9.48 Å². The van der Waals surface area contributed by atoms with Crippen LogP contribution < -0.4 is 16.4 Å². The van der Waals surface area contributed by atoms with Crippen molar-refractivity contribution in [3.63, 3.8) is 0 Å². The van der Waals surface area contributed by atoms with Crippen LogP contribution in [0.2, 0.25) is 0 Å². The van der Waals surface area contributed by atoms with Gasteiger partial charge in [-0.25, -0.2) is 4.98 Å². The van der Waals surface area contributed by atoms with Gasteiger partial charge in [-0.15, -0.1) is 0 Å². The number of nitrogens with zero attached hydrogens (tertiary/aromatic N) is 3. The average Bonchev–Trinajstić information content (AvgIpc) is 2.95. The molecular weight excluding hydrogens is 252 g/mol. The largest absolute Gasteiger partial charge is 0.382 e. The van der Waals surface area contributed by atoms with E-state index in [1.54, 1.807) is 24.1 Å². The summed E-state index contributed by atoms with van der Waals surface area (Å²) >= 11 is 1.21. The van der Waals surface area contributed by atoms with Crippen molar-refractivity contribution in [3.05, 3.63) is 17.3 Å². The van der Waals surface area contributed by atoms with Crippen molar-refractivity contribution >= 4 is 33.9 Å². The van der Waals surface area contributed by atoms with Crippen LogP contribution in [0.25, 0.3) is 0 Å². The molecule has 0 unspecified atom stereocenters. The number of thiazole rings is 1. The number of nitrogen functional groups attached to an aromatic ring is 1. The van der Waals surface area contributed by atoms with Gasteiger partial charge >= 0.3 is 0 Å². The summed E-state index contributed by atoms with van der Waals surface area (Å²) in [5.41, 5.74) is 6.32. The standard InChI is InChI=1S/C10H14N6OS/c1-3-16-5-6(4-13-16)14-9(17)7-8(11)15-10(12-2)18-7/h4-5H,3,11H2,1-2H3,(H,12,15)(H,14,17). The molecule has 0 radical (unpaired) electrons. The number of carbonyl (C=O) groups is 1. The third-order valence-corrected chi connectivity index (χ3v) is 3.38. The molecule has 0 aliphatic heterocycles. The molecule has 0 bridgehead atoms. The predicted molar refractivity (Wildman–Crippen MR) is 71.9 cm³/mol. The van der Waals surface area contributed by atoms with E-state index in [4.69, 9.17) is 5.73 Å². The Morgan fingerprint density at radius 2 is 2.39 bits per heavy atom. The number of aryl methyl sites for hydroxylation is 1. The van der Waals surface area contributed by atoms with Gasteiger partial charge in [0.05, 0.1) is 11.9 Å². The van der Waals surface area contributed by atoms with Gasteiger partial charge in [0, 0.05) is 19.8 Å². The fourth-order valence-corrected chi connectivity index (χ4v) is 2.12. The summed E-state index contributed by atoms with van der Waals surface area (Å²) in [6.07, 6.45) is 3.35. The Hall–Kier alpha value is -2.09. The molecule has 0 saturated carbocycles. The molecule has 0 spiro atoms. The molecule has 4 N–H and O–H groups in total. The first kappa shape index (κ1) is 12.4. The molecule has 1 amide bonds. The van der Waals surface area contributed by atoms with E-state index in [-0.39, 0.29) is 11.7 Å². The Morgan fingerprint density at radius 1 is 1.61 bits per heavy atom. The Balaban J connectivity index is 2.13. The second-order valence-corrected chi connectivity index (χ2v) is 4.52. The van der Waals surface area contributed by atoms with Crippen LogP contribution in [0.4, 0.5) is 16.6 Å². The van der Waals surface area contributed by atoms with Gasteiger partial charge in [-0.2, -0.15) is 5.10 Å². The zero-order chi connectivity index (χ0) is 13.1. The lowest BCUT2D eigenvalue weighted by molar-refractivity contribution is 0.103. The number of hydrogen-bond donors (Lipinski definition) is 3. The average molecular weight is 266 g/mol. The first-order valence-electron chi connectivity index (χ1n) is 5.42. The summed E-state index contributed by atoms with van der Waals surface area (Å²) < 4.78 is 1.73. The van der Waals surface area contributed by atoms with Crippen LogP contribution in [0.15, 0.2) is 12.4 Å². The van der Waals surface area contributed by atoms with Crippen molar-refractivity contribution in [3.8, 4) is 0 Å². The van der Waals surface area contributed by atoms with Crippen LogP contribution in [0.3, 0.4) is 0 Å². The molecule has 0 aromatic carbocycles. The van der Waals surface area contributed by atoms with Gasteiger partial charge in [0.1, 0.15) is 10.7 Å².